The van der Waals surface area contributed by atoms with E-state index in [0.29, 0.717) is 38.3 Å². The summed E-state index contributed by atoms with van der Waals surface area (Å²) in [6, 6.07) is 13.5. The van der Waals surface area contributed by atoms with E-state index < -0.39 is 5.41 Å². The first-order valence-corrected chi connectivity index (χ1v) is 8.09. The summed E-state index contributed by atoms with van der Waals surface area (Å²) in [4.78, 5) is 16.9. The van der Waals surface area contributed by atoms with Gasteiger partial charge in [-0.3, -0.25) is 4.79 Å². The van der Waals surface area contributed by atoms with Crippen LogP contribution < -0.4 is 16.4 Å². The number of ether oxygens (including phenoxy) is 1. The molecule has 0 aliphatic carbocycles. The minimum absolute atomic E-state index is 0. The smallest absolute Gasteiger partial charge is 0.232 e. The molecule has 1 aromatic carbocycles. The maximum Gasteiger partial charge on any atom is 0.232 e. The topological polar surface area (TPSA) is 89.3 Å². The lowest BCUT2D eigenvalue weighted by molar-refractivity contribution is -0.130. The van der Waals surface area contributed by atoms with Crippen molar-refractivity contribution in [3.8, 4) is 0 Å². The molecule has 142 valence electrons. The number of carbonyl (C=O) groups is 1. The van der Waals surface area contributed by atoms with Crippen molar-refractivity contribution in [1.29, 1.82) is 0 Å². The fourth-order valence-corrected chi connectivity index (χ4v) is 2.76. The number of hydrogen-bond acceptors (Lipinski definition) is 5. The Balaban J connectivity index is 0.00000169. The van der Waals surface area contributed by atoms with Gasteiger partial charge in [-0.15, -0.1) is 24.8 Å². The van der Waals surface area contributed by atoms with Crippen molar-refractivity contribution in [2.45, 2.75) is 12.8 Å². The second-order valence-electron chi connectivity index (χ2n) is 5.97. The summed E-state index contributed by atoms with van der Waals surface area (Å²) in [7, 11) is 0. The average molecular weight is 399 g/mol. The number of nitrogens with zero attached hydrogens (tertiary/aromatic N) is 1. The third kappa shape index (κ3) is 5.32. The highest BCUT2D eigenvalue weighted by Gasteiger charge is 2.38. The van der Waals surface area contributed by atoms with Crippen LogP contribution in [0.5, 0.6) is 0 Å². The number of benzene rings is 1. The Labute approximate surface area is 165 Å². The molecule has 8 heteroatoms. The van der Waals surface area contributed by atoms with E-state index in [-0.39, 0.29) is 30.7 Å². The van der Waals surface area contributed by atoms with Gasteiger partial charge < -0.3 is 21.1 Å². The number of aromatic nitrogens is 1. The SMILES string of the molecule is Cl.Cl.NCC1(C(=O)Nc2ccc(Nc3ccccc3)nc2)CCOCC1. The van der Waals surface area contributed by atoms with Gasteiger partial charge in [0.15, 0.2) is 0 Å². The van der Waals surface area contributed by atoms with Crippen LogP contribution in [0, 0.1) is 5.41 Å². The molecule has 6 nitrogen and oxygen atoms in total. The molecule has 0 spiro atoms. The minimum Gasteiger partial charge on any atom is -0.381 e. The number of para-hydroxylation sites is 1. The molecule has 0 atom stereocenters. The van der Waals surface area contributed by atoms with Gasteiger partial charge in [0.1, 0.15) is 5.82 Å². The minimum atomic E-state index is -0.542. The maximum atomic E-state index is 12.6. The average Bonchev–Trinajstić information content (AvgIpc) is 2.64. The van der Waals surface area contributed by atoms with Gasteiger partial charge in [0.2, 0.25) is 5.91 Å². The summed E-state index contributed by atoms with van der Waals surface area (Å²) in [6.07, 6.45) is 2.94. The van der Waals surface area contributed by atoms with E-state index in [9.17, 15) is 4.79 Å². The summed E-state index contributed by atoms with van der Waals surface area (Å²) >= 11 is 0. The van der Waals surface area contributed by atoms with Gasteiger partial charge in [0.05, 0.1) is 17.3 Å². The first-order valence-electron chi connectivity index (χ1n) is 8.09. The molecule has 1 aliphatic rings. The number of halogens is 2. The Hall–Kier alpha value is -1.86. The fraction of sp³-hybridized carbons (Fsp3) is 0.333. The molecule has 0 radical (unpaired) electrons. The second kappa shape index (κ2) is 10.3. The van der Waals surface area contributed by atoms with Gasteiger partial charge in [-0.1, -0.05) is 18.2 Å². The van der Waals surface area contributed by atoms with Crippen molar-refractivity contribution in [1.82, 2.24) is 4.98 Å². The highest BCUT2D eigenvalue weighted by molar-refractivity contribution is 5.95. The van der Waals surface area contributed by atoms with Crippen LogP contribution in [-0.2, 0) is 9.53 Å². The van der Waals surface area contributed by atoms with Crippen molar-refractivity contribution < 1.29 is 9.53 Å². The van der Waals surface area contributed by atoms with Crippen LogP contribution in [0.3, 0.4) is 0 Å². The Kier molecular flexibility index (Phi) is 8.81. The standard InChI is InChI=1S/C18H22N4O2.2ClH/c19-13-18(8-10-24-11-9-18)17(23)22-15-6-7-16(20-12-15)21-14-4-2-1-3-5-14;;/h1-7,12H,8-11,13,19H2,(H,20,21)(H,22,23);2*1H. The molecule has 1 saturated heterocycles. The van der Waals surface area contributed by atoms with Gasteiger partial charge in [0, 0.05) is 25.4 Å². The summed E-state index contributed by atoms with van der Waals surface area (Å²) < 4.78 is 5.34. The third-order valence-corrected chi connectivity index (χ3v) is 4.39. The maximum absolute atomic E-state index is 12.6. The Bertz CT molecular complexity index is 677. The van der Waals surface area contributed by atoms with Gasteiger partial charge in [-0.25, -0.2) is 4.98 Å². The molecule has 1 fully saturated rings. The highest BCUT2D eigenvalue weighted by atomic mass is 35.5. The lowest BCUT2D eigenvalue weighted by atomic mass is 9.79. The number of hydrogen-bond donors (Lipinski definition) is 3. The summed E-state index contributed by atoms with van der Waals surface area (Å²) in [5.74, 6) is 0.665. The largest absolute Gasteiger partial charge is 0.381 e. The number of rotatable bonds is 5. The quantitative estimate of drug-likeness (QED) is 0.718. The van der Waals surface area contributed by atoms with Crippen molar-refractivity contribution in [3.63, 3.8) is 0 Å². The van der Waals surface area contributed by atoms with Gasteiger partial charge >= 0.3 is 0 Å². The van der Waals surface area contributed by atoms with Crippen LogP contribution in [0.1, 0.15) is 12.8 Å². The van der Waals surface area contributed by atoms with E-state index in [1.54, 1.807) is 6.20 Å². The Morgan fingerprint density at radius 2 is 1.77 bits per heavy atom. The van der Waals surface area contributed by atoms with Crippen LogP contribution in [0.2, 0.25) is 0 Å². The normalized spacial score (nSPS) is 15.1. The number of anilines is 3. The summed E-state index contributed by atoms with van der Waals surface area (Å²) in [5.41, 5.74) is 6.95. The fourth-order valence-electron chi connectivity index (χ4n) is 2.76. The molecule has 3 rings (SSSR count). The third-order valence-electron chi connectivity index (χ3n) is 4.39. The molecule has 2 heterocycles. The predicted octanol–water partition coefficient (Wildman–Crippen LogP) is 3.36. The van der Waals surface area contributed by atoms with Crippen LogP contribution in [0.25, 0.3) is 0 Å². The molecule has 4 N–H and O–H groups in total. The zero-order valence-corrected chi connectivity index (χ0v) is 15.9. The van der Waals surface area contributed by atoms with Crippen LogP contribution in [0.15, 0.2) is 48.7 Å². The monoisotopic (exact) mass is 398 g/mol. The Morgan fingerprint density at radius 1 is 1.08 bits per heavy atom. The summed E-state index contributed by atoms with van der Waals surface area (Å²) in [6.45, 7) is 1.47. The highest BCUT2D eigenvalue weighted by Crippen LogP contribution is 2.31. The predicted molar refractivity (Wildman–Crippen MR) is 109 cm³/mol. The zero-order chi connectivity index (χ0) is 16.8. The molecule has 1 amide bonds. The molecule has 0 saturated carbocycles. The second-order valence-corrected chi connectivity index (χ2v) is 5.97. The van der Waals surface area contributed by atoms with Gasteiger partial charge in [0.25, 0.3) is 0 Å². The van der Waals surface area contributed by atoms with Gasteiger partial charge in [-0.05, 0) is 37.1 Å². The van der Waals surface area contributed by atoms with Crippen molar-refractivity contribution in [2.24, 2.45) is 11.1 Å². The molecule has 0 bridgehead atoms. The van der Waals surface area contributed by atoms with Crippen molar-refractivity contribution in [2.75, 3.05) is 30.4 Å². The van der Waals surface area contributed by atoms with E-state index in [1.807, 2.05) is 42.5 Å². The number of nitrogens with two attached hydrogens (primary N) is 1. The number of amides is 1. The van der Waals surface area contributed by atoms with E-state index in [1.165, 1.54) is 0 Å². The van der Waals surface area contributed by atoms with Crippen molar-refractivity contribution in [3.05, 3.63) is 48.7 Å². The molecule has 1 aromatic heterocycles. The zero-order valence-electron chi connectivity index (χ0n) is 14.3. The van der Waals surface area contributed by atoms with E-state index in [2.05, 4.69) is 15.6 Å². The molecule has 0 unspecified atom stereocenters. The van der Waals surface area contributed by atoms with E-state index >= 15 is 0 Å². The van der Waals surface area contributed by atoms with Crippen molar-refractivity contribution >= 4 is 47.9 Å². The Morgan fingerprint density at radius 3 is 2.35 bits per heavy atom. The lowest BCUT2D eigenvalue weighted by Gasteiger charge is -2.34. The van der Waals surface area contributed by atoms with E-state index in [0.717, 1.165) is 11.5 Å². The lowest BCUT2D eigenvalue weighted by Crippen LogP contribution is -2.46. The van der Waals surface area contributed by atoms with Crippen LogP contribution in [-0.4, -0.2) is 30.6 Å². The number of carbonyl (C=O) groups excluding carboxylic acids is 1. The van der Waals surface area contributed by atoms with Gasteiger partial charge in [-0.2, -0.15) is 0 Å². The molecular formula is C18H24Cl2N4O2. The molecular weight excluding hydrogens is 375 g/mol. The molecule has 2 aromatic rings. The molecule has 26 heavy (non-hydrogen) atoms. The number of nitrogens with one attached hydrogen (secondary N) is 2. The van der Waals surface area contributed by atoms with Crippen LogP contribution >= 0.6 is 24.8 Å². The summed E-state index contributed by atoms with van der Waals surface area (Å²) in [5, 5.41) is 6.14. The van der Waals surface area contributed by atoms with Crippen LogP contribution in [0.4, 0.5) is 17.2 Å². The molecule has 1 aliphatic heterocycles. The first kappa shape index (κ1) is 22.2. The van der Waals surface area contributed by atoms with E-state index in [4.69, 9.17) is 10.5 Å². The number of pyridine rings is 1. The first-order chi connectivity index (χ1) is 11.7.